The average Bonchev–Trinajstić information content (AvgIpc) is 2.54. The molecule has 0 spiro atoms. The third-order valence-electron chi connectivity index (χ3n) is 3.09. The molecule has 25 heavy (non-hydrogen) atoms. The minimum absolute atomic E-state index is 0.0537. The number of rotatable bonds is 5. The Labute approximate surface area is 154 Å². The van der Waals surface area contributed by atoms with Crippen molar-refractivity contribution in [3.63, 3.8) is 0 Å². The van der Waals surface area contributed by atoms with Crippen LogP contribution in [0.1, 0.15) is 5.56 Å². The van der Waals surface area contributed by atoms with Crippen LogP contribution in [0.3, 0.4) is 0 Å². The SMILES string of the molecule is COc1cc(C#N)ccc1OS(=O)(=O)c1cc(S(C)(=O)=O)ccc1Br. The summed E-state index contributed by atoms with van der Waals surface area (Å²) in [6, 6.07) is 9.47. The van der Waals surface area contributed by atoms with Gasteiger partial charge in [-0.1, -0.05) is 0 Å². The number of sulfone groups is 1. The van der Waals surface area contributed by atoms with Crippen LogP contribution in [0.25, 0.3) is 0 Å². The molecule has 0 unspecified atom stereocenters. The third-order valence-corrected chi connectivity index (χ3v) is 6.43. The first-order valence-electron chi connectivity index (χ1n) is 6.60. The van der Waals surface area contributed by atoms with Crippen molar-refractivity contribution in [2.24, 2.45) is 0 Å². The van der Waals surface area contributed by atoms with Crippen LogP contribution in [-0.2, 0) is 20.0 Å². The molecule has 2 aromatic rings. The van der Waals surface area contributed by atoms with Gasteiger partial charge in [0.25, 0.3) is 0 Å². The molecule has 132 valence electrons. The average molecular weight is 446 g/mol. The minimum atomic E-state index is -4.35. The Morgan fingerprint density at radius 3 is 2.28 bits per heavy atom. The molecule has 0 bridgehead atoms. The number of halogens is 1. The molecule has 0 amide bonds. The van der Waals surface area contributed by atoms with E-state index in [-0.39, 0.29) is 31.3 Å². The van der Waals surface area contributed by atoms with Crippen LogP contribution in [0.5, 0.6) is 11.5 Å². The molecule has 7 nitrogen and oxygen atoms in total. The topological polar surface area (TPSA) is 111 Å². The molecule has 0 aliphatic carbocycles. The van der Waals surface area contributed by atoms with E-state index in [0.29, 0.717) is 0 Å². The van der Waals surface area contributed by atoms with Gasteiger partial charge < -0.3 is 8.92 Å². The first-order valence-corrected chi connectivity index (χ1v) is 10.7. The summed E-state index contributed by atoms with van der Waals surface area (Å²) in [5.74, 6) is -0.0730. The number of hydrogen-bond donors (Lipinski definition) is 0. The maximum atomic E-state index is 12.6. The van der Waals surface area contributed by atoms with Crippen molar-refractivity contribution in [2.75, 3.05) is 13.4 Å². The van der Waals surface area contributed by atoms with Crippen molar-refractivity contribution in [1.29, 1.82) is 5.26 Å². The first-order chi connectivity index (χ1) is 11.6. The summed E-state index contributed by atoms with van der Waals surface area (Å²) in [4.78, 5) is -0.508. The maximum absolute atomic E-state index is 12.6. The molecule has 0 atom stereocenters. The van der Waals surface area contributed by atoms with E-state index >= 15 is 0 Å². The molecular formula is C15H12BrNO6S2. The second-order valence-electron chi connectivity index (χ2n) is 4.88. The summed E-state index contributed by atoms with van der Waals surface area (Å²) in [6.07, 6.45) is 0.969. The summed E-state index contributed by atoms with van der Waals surface area (Å²) in [7, 11) is -6.65. The van der Waals surface area contributed by atoms with Crippen molar-refractivity contribution in [1.82, 2.24) is 0 Å². The van der Waals surface area contributed by atoms with Crippen LogP contribution >= 0.6 is 15.9 Å². The quantitative estimate of drug-likeness (QED) is 0.649. The van der Waals surface area contributed by atoms with Crippen LogP contribution in [0.15, 0.2) is 50.7 Å². The Bertz CT molecular complexity index is 1070. The molecule has 0 heterocycles. The molecule has 2 aromatic carbocycles. The number of nitrogens with zero attached hydrogens (tertiary/aromatic N) is 1. The van der Waals surface area contributed by atoms with Crippen molar-refractivity contribution in [3.8, 4) is 17.6 Å². The fourth-order valence-corrected chi connectivity index (χ4v) is 4.48. The van der Waals surface area contributed by atoms with Gasteiger partial charge >= 0.3 is 10.1 Å². The lowest BCUT2D eigenvalue weighted by Crippen LogP contribution is -2.12. The van der Waals surface area contributed by atoms with Gasteiger partial charge in [0, 0.05) is 16.8 Å². The number of methoxy groups -OCH3 is 1. The van der Waals surface area contributed by atoms with E-state index in [1.165, 1.54) is 37.4 Å². The van der Waals surface area contributed by atoms with Gasteiger partial charge in [-0.25, -0.2) is 8.42 Å². The molecule has 0 fully saturated rings. The van der Waals surface area contributed by atoms with Crippen LogP contribution < -0.4 is 8.92 Å². The number of ether oxygens (including phenoxy) is 1. The predicted octanol–water partition coefficient (Wildman–Crippen LogP) is 2.50. The molecule has 0 aromatic heterocycles. The number of hydrogen-bond acceptors (Lipinski definition) is 7. The highest BCUT2D eigenvalue weighted by atomic mass is 79.9. The van der Waals surface area contributed by atoms with Gasteiger partial charge in [0.1, 0.15) is 4.90 Å². The van der Waals surface area contributed by atoms with Gasteiger partial charge in [0.05, 0.1) is 23.6 Å². The maximum Gasteiger partial charge on any atom is 0.340 e. The monoisotopic (exact) mass is 445 g/mol. The third kappa shape index (κ3) is 4.31. The first kappa shape index (κ1) is 19.2. The van der Waals surface area contributed by atoms with Crippen LogP contribution in [0, 0.1) is 11.3 Å². The van der Waals surface area contributed by atoms with Crippen molar-refractivity contribution < 1.29 is 25.8 Å². The lowest BCUT2D eigenvalue weighted by Gasteiger charge is -2.12. The zero-order chi connectivity index (χ0) is 18.8. The zero-order valence-corrected chi connectivity index (χ0v) is 16.3. The largest absolute Gasteiger partial charge is 0.493 e. The molecule has 0 aliphatic heterocycles. The normalized spacial score (nSPS) is 11.6. The highest BCUT2D eigenvalue weighted by Gasteiger charge is 2.24. The van der Waals surface area contributed by atoms with Crippen molar-refractivity contribution in [2.45, 2.75) is 9.79 Å². The van der Waals surface area contributed by atoms with E-state index in [4.69, 9.17) is 14.2 Å². The van der Waals surface area contributed by atoms with Crippen molar-refractivity contribution in [3.05, 3.63) is 46.4 Å². The highest BCUT2D eigenvalue weighted by molar-refractivity contribution is 9.10. The molecule has 0 saturated carbocycles. The zero-order valence-electron chi connectivity index (χ0n) is 13.1. The fourth-order valence-electron chi connectivity index (χ4n) is 1.87. The van der Waals surface area contributed by atoms with Gasteiger partial charge in [0.2, 0.25) is 0 Å². The summed E-state index contributed by atoms with van der Waals surface area (Å²) in [5.41, 5.74) is 0.266. The Kier molecular flexibility index (Phi) is 5.41. The van der Waals surface area contributed by atoms with Crippen LogP contribution in [-0.4, -0.2) is 30.2 Å². The predicted molar refractivity (Wildman–Crippen MR) is 92.8 cm³/mol. The van der Waals surface area contributed by atoms with Crippen LogP contribution in [0.4, 0.5) is 0 Å². The Balaban J connectivity index is 2.53. The number of nitriles is 1. The molecule has 0 aliphatic rings. The lowest BCUT2D eigenvalue weighted by atomic mass is 10.2. The molecule has 0 N–H and O–H groups in total. The molecular weight excluding hydrogens is 434 g/mol. The van der Waals surface area contributed by atoms with E-state index in [0.717, 1.165) is 12.3 Å². The molecule has 2 rings (SSSR count). The van der Waals surface area contributed by atoms with Gasteiger partial charge in [-0.15, -0.1) is 0 Å². The summed E-state index contributed by atoms with van der Waals surface area (Å²) >= 11 is 3.08. The van der Waals surface area contributed by atoms with Crippen molar-refractivity contribution >= 4 is 35.9 Å². The molecule has 0 saturated heterocycles. The van der Waals surface area contributed by atoms with Gasteiger partial charge in [0.15, 0.2) is 21.3 Å². The second-order valence-corrected chi connectivity index (χ2v) is 9.26. The Hall–Kier alpha value is -2.09. The van der Waals surface area contributed by atoms with Gasteiger partial charge in [-0.2, -0.15) is 13.7 Å². The smallest absolute Gasteiger partial charge is 0.340 e. The van der Waals surface area contributed by atoms with Gasteiger partial charge in [-0.05, 0) is 46.3 Å². The summed E-state index contributed by atoms with van der Waals surface area (Å²) < 4.78 is 58.7. The van der Waals surface area contributed by atoms with E-state index in [1.54, 1.807) is 0 Å². The van der Waals surface area contributed by atoms with E-state index in [1.807, 2.05) is 6.07 Å². The minimum Gasteiger partial charge on any atom is -0.493 e. The van der Waals surface area contributed by atoms with Gasteiger partial charge in [-0.3, -0.25) is 0 Å². The molecule has 0 radical (unpaired) electrons. The second kappa shape index (κ2) is 7.03. The van der Waals surface area contributed by atoms with E-state index in [9.17, 15) is 16.8 Å². The van der Waals surface area contributed by atoms with E-state index < -0.39 is 20.0 Å². The fraction of sp³-hybridized carbons (Fsp3) is 0.133. The molecule has 10 heteroatoms. The lowest BCUT2D eigenvalue weighted by molar-refractivity contribution is 0.390. The number of benzene rings is 2. The summed E-state index contributed by atoms with van der Waals surface area (Å²) in [5, 5.41) is 8.87. The van der Waals surface area contributed by atoms with E-state index in [2.05, 4.69) is 15.9 Å². The standard InChI is InChI=1S/C15H12BrNO6S2/c1-22-14-7-10(9-17)3-6-13(14)23-25(20,21)15-8-11(24(2,18)19)4-5-12(15)16/h3-8H,1-2H3. The highest BCUT2D eigenvalue weighted by Crippen LogP contribution is 2.33. The summed E-state index contributed by atoms with van der Waals surface area (Å²) in [6.45, 7) is 0. The van der Waals surface area contributed by atoms with Crippen LogP contribution in [0.2, 0.25) is 0 Å². The Morgan fingerprint density at radius 2 is 1.72 bits per heavy atom. The Morgan fingerprint density at radius 1 is 1.04 bits per heavy atom.